The van der Waals surface area contributed by atoms with Gasteiger partial charge in [0.15, 0.2) is 9.84 Å². The normalized spacial score (nSPS) is 22.6. The van der Waals surface area contributed by atoms with Gasteiger partial charge in [0, 0.05) is 19.5 Å². The molecule has 280 valence electrons. The van der Waals surface area contributed by atoms with Crippen LogP contribution in [0.25, 0.3) is 0 Å². The number of amides is 5. The Morgan fingerprint density at radius 3 is 2.14 bits per heavy atom. The van der Waals surface area contributed by atoms with Gasteiger partial charge in [-0.1, -0.05) is 53.0 Å². The van der Waals surface area contributed by atoms with E-state index >= 15 is 0 Å². The minimum atomic E-state index is -3.58. The molecule has 4 atom stereocenters. The van der Waals surface area contributed by atoms with E-state index in [0.717, 1.165) is 32.1 Å². The Balaban J connectivity index is 1.89. The first-order chi connectivity index (χ1) is 23.1. The van der Waals surface area contributed by atoms with Crippen molar-refractivity contribution in [3.63, 3.8) is 0 Å². The monoisotopic (exact) mass is 717 g/mol. The Kier molecular flexibility index (Phi) is 13.0. The molecule has 1 saturated heterocycles. The van der Waals surface area contributed by atoms with Gasteiger partial charge in [0.05, 0.1) is 22.1 Å². The average molecular weight is 718 g/mol. The van der Waals surface area contributed by atoms with Crippen LogP contribution in [0.5, 0.6) is 0 Å². The van der Waals surface area contributed by atoms with Crippen LogP contribution in [0.2, 0.25) is 0 Å². The maximum Gasteiger partial charge on any atom is 0.315 e. The first kappa shape index (κ1) is 41.0. The van der Waals surface area contributed by atoms with Crippen molar-refractivity contribution in [2.24, 2.45) is 16.7 Å². The molecule has 12 nitrogen and oxygen atoms in total. The van der Waals surface area contributed by atoms with Crippen LogP contribution in [0.1, 0.15) is 113 Å². The molecule has 50 heavy (non-hydrogen) atoms. The highest BCUT2D eigenvalue weighted by atomic mass is 32.2. The summed E-state index contributed by atoms with van der Waals surface area (Å²) in [5, 5.41) is 11.1. The van der Waals surface area contributed by atoms with Crippen molar-refractivity contribution in [3.05, 3.63) is 12.7 Å². The van der Waals surface area contributed by atoms with Gasteiger partial charge in [0.25, 0.3) is 5.91 Å². The number of urea groups is 1. The molecular weight excluding hydrogens is 659 g/mol. The topological polar surface area (TPSA) is 171 Å². The Hall–Kier alpha value is -3.40. The van der Waals surface area contributed by atoms with E-state index in [-0.39, 0.29) is 43.0 Å². The molecule has 0 aromatic carbocycles. The summed E-state index contributed by atoms with van der Waals surface area (Å²) in [6.45, 7) is 16.4. The predicted octanol–water partition coefficient (Wildman–Crippen LogP) is 3.40. The van der Waals surface area contributed by atoms with Crippen molar-refractivity contribution in [1.29, 1.82) is 0 Å². The number of likely N-dealkylation sites (tertiary alicyclic amines) is 1. The van der Waals surface area contributed by atoms with Gasteiger partial charge in [-0.05, 0) is 76.0 Å². The predicted molar refractivity (Wildman–Crippen MR) is 193 cm³/mol. The summed E-state index contributed by atoms with van der Waals surface area (Å²) in [5.74, 6) is -0.656. The highest BCUT2D eigenvalue weighted by Crippen LogP contribution is 2.56. The number of carbonyl (C=O) groups is 5. The molecule has 3 aliphatic rings. The molecule has 0 aromatic heterocycles. The number of ketones is 1. The van der Waals surface area contributed by atoms with Gasteiger partial charge >= 0.3 is 6.03 Å². The van der Waals surface area contributed by atoms with E-state index in [1.165, 1.54) is 11.0 Å². The molecule has 5 amide bonds. The largest absolute Gasteiger partial charge is 0.346 e. The first-order valence-electron chi connectivity index (χ1n) is 17.9. The van der Waals surface area contributed by atoms with Crippen LogP contribution in [-0.4, -0.2) is 90.1 Å². The maximum absolute atomic E-state index is 14.5. The molecule has 3 unspecified atom stereocenters. The van der Waals surface area contributed by atoms with Gasteiger partial charge in [-0.3, -0.25) is 19.2 Å². The second kappa shape index (κ2) is 15.9. The second-order valence-corrected chi connectivity index (χ2v) is 19.5. The fraction of sp³-hybridized carbons (Fsp3) is 0.757. The minimum absolute atomic E-state index is 0.0458. The van der Waals surface area contributed by atoms with E-state index in [1.807, 2.05) is 20.8 Å². The lowest BCUT2D eigenvalue weighted by Crippen LogP contribution is -2.64. The first-order valence-corrected chi connectivity index (χ1v) is 19.5. The van der Waals surface area contributed by atoms with E-state index in [0.29, 0.717) is 19.3 Å². The lowest BCUT2D eigenvalue weighted by molar-refractivity contribution is -0.145. The number of nitrogens with one attached hydrogen (secondary N) is 4. The third kappa shape index (κ3) is 9.89. The molecule has 0 aromatic rings. The van der Waals surface area contributed by atoms with Gasteiger partial charge in [-0.25, -0.2) is 13.2 Å². The molecule has 1 heterocycles. The zero-order valence-electron chi connectivity index (χ0n) is 31.1. The smallest absolute Gasteiger partial charge is 0.315 e. The van der Waals surface area contributed by atoms with Crippen molar-refractivity contribution < 1.29 is 32.4 Å². The van der Waals surface area contributed by atoms with E-state index in [9.17, 15) is 32.4 Å². The summed E-state index contributed by atoms with van der Waals surface area (Å²) < 4.78 is 25.6. The zero-order valence-corrected chi connectivity index (χ0v) is 31.9. The van der Waals surface area contributed by atoms with E-state index in [4.69, 9.17) is 6.42 Å². The molecule has 2 aliphatic carbocycles. The summed E-state index contributed by atoms with van der Waals surface area (Å²) in [4.78, 5) is 69.6. The fourth-order valence-electron chi connectivity index (χ4n) is 7.16. The zero-order chi connectivity index (χ0) is 37.7. The van der Waals surface area contributed by atoms with E-state index in [2.05, 4.69) is 40.7 Å². The fourth-order valence-corrected chi connectivity index (χ4v) is 8.68. The summed E-state index contributed by atoms with van der Waals surface area (Å²) in [6, 6.07) is -3.83. The van der Waals surface area contributed by atoms with E-state index in [1.54, 1.807) is 20.8 Å². The number of rotatable bonds is 14. The van der Waals surface area contributed by atoms with Gasteiger partial charge in [0.1, 0.15) is 12.1 Å². The highest BCUT2D eigenvalue weighted by molar-refractivity contribution is 7.92. The molecular formula is C37H59N5O7S. The molecule has 13 heteroatoms. The van der Waals surface area contributed by atoms with Crippen LogP contribution in [0.15, 0.2) is 12.7 Å². The standard InChI is InChI=1S/C37H59N5O7S/c1-10-12-16-26(28(43)31(45)38-22-11-2)39-30(44)27-25(36(9)20-21-36)17-23-42(27)32(46)29(34(3,4)5)40-33(47)41-37(18-14-13-15-19-37)24-50(48,49)35(6,7)8/h1,11,25-27,29H,2,12-24H2,3-9H3,(H,38,45)(H,39,44)(H2,40,41,47)/t25?,26?,27?,29-/m1/s1. The molecule has 4 N–H and O–H groups in total. The summed E-state index contributed by atoms with van der Waals surface area (Å²) in [7, 11) is -3.58. The van der Waals surface area contributed by atoms with Crippen LogP contribution in [0.3, 0.4) is 0 Å². The Morgan fingerprint density at radius 2 is 1.62 bits per heavy atom. The van der Waals surface area contributed by atoms with Crippen LogP contribution in [-0.2, 0) is 29.0 Å². The molecule has 0 bridgehead atoms. The molecule has 1 aliphatic heterocycles. The molecule has 0 spiro atoms. The van der Waals surface area contributed by atoms with Crippen LogP contribution >= 0.6 is 0 Å². The Bertz CT molecular complexity index is 1460. The Morgan fingerprint density at radius 1 is 1.00 bits per heavy atom. The SMILES string of the molecule is C#CCCC(NC(=O)C1C(C2(C)CC2)CCN1C(=O)[C@@H](NC(=O)NC1(CS(=O)(=O)C(C)(C)C)CCCCC1)C(C)(C)C)C(=O)C(=O)NCC=C. The maximum atomic E-state index is 14.5. The van der Waals surface area contributed by atoms with Crippen molar-refractivity contribution in [2.75, 3.05) is 18.8 Å². The Labute approximate surface area is 299 Å². The number of hydrogen-bond donors (Lipinski definition) is 4. The van der Waals surface area contributed by atoms with Crippen molar-refractivity contribution in [2.45, 2.75) is 141 Å². The van der Waals surface area contributed by atoms with Crippen LogP contribution in [0, 0.1) is 29.1 Å². The average Bonchev–Trinajstić information content (AvgIpc) is 3.59. The number of sulfone groups is 1. The van der Waals surface area contributed by atoms with Gasteiger partial charge in [0.2, 0.25) is 17.6 Å². The lowest BCUT2D eigenvalue weighted by atomic mass is 9.82. The number of hydrogen-bond acceptors (Lipinski definition) is 7. The second-order valence-electron chi connectivity index (χ2n) is 16.8. The number of carbonyl (C=O) groups excluding carboxylic acids is 5. The van der Waals surface area contributed by atoms with Gasteiger partial charge in [-0.15, -0.1) is 18.9 Å². The quantitative estimate of drug-likeness (QED) is 0.121. The van der Waals surface area contributed by atoms with Crippen molar-refractivity contribution in [1.82, 2.24) is 26.2 Å². The van der Waals surface area contributed by atoms with Crippen molar-refractivity contribution in [3.8, 4) is 12.3 Å². The minimum Gasteiger partial charge on any atom is -0.346 e. The molecule has 3 fully saturated rings. The molecule has 3 rings (SSSR count). The number of terminal acetylenes is 1. The third-order valence-corrected chi connectivity index (χ3v) is 13.5. The molecule has 0 radical (unpaired) electrons. The lowest BCUT2D eigenvalue weighted by Gasteiger charge is -2.41. The van der Waals surface area contributed by atoms with Crippen molar-refractivity contribution >= 4 is 39.4 Å². The summed E-state index contributed by atoms with van der Waals surface area (Å²) in [6.07, 6.45) is 12.9. The van der Waals surface area contributed by atoms with E-state index < -0.39 is 73.2 Å². The summed E-state index contributed by atoms with van der Waals surface area (Å²) in [5.41, 5.74) is -1.94. The number of Topliss-reactive ketones (excluding diaryl/α,β-unsaturated/α-hetero) is 1. The van der Waals surface area contributed by atoms with Crippen LogP contribution in [0.4, 0.5) is 4.79 Å². The highest BCUT2D eigenvalue weighted by Gasteiger charge is 2.56. The molecule has 2 saturated carbocycles. The summed E-state index contributed by atoms with van der Waals surface area (Å²) >= 11 is 0. The number of nitrogens with zero attached hydrogens (tertiary/aromatic N) is 1. The third-order valence-electron chi connectivity index (χ3n) is 10.7. The van der Waals surface area contributed by atoms with Gasteiger partial charge < -0.3 is 26.2 Å². The van der Waals surface area contributed by atoms with Crippen LogP contribution < -0.4 is 21.3 Å². The van der Waals surface area contributed by atoms with Gasteiger partial charge in [-0.2, -0.15) is 0 Å².